The van der Waals surface area contributed by atoms with Crippen molar-refractivity contribution in [2.75, 3.05) is 12.4 Å². The van der Waals surface area contributed by atoms with Crippen LogP contribution in [0, 0.1) is 0 Å². The zero-order valence-electron chi connectivity index (χ0n) is 17.9. The maximum atomic E-state index is 12.7. The van der Waals surface area contributed by atoms with Crippen molar-refractivity contribution in [1.29, 1.82) is 0 Å². The second-order valence-corrected chi connectivity index (χ2v) is 17.3. The van der Waals surface area contributed by atoms with E-state index in [4.69, 9.17) is 4.43 Å². The molecule has 2 atom stereocenters. The number of rotatable bonds is 8. The predicted molar refractivity (Wildman–Crippen MR) is 120 cm³/mol. The lowest BCUT2D eigenvalue weighted by Crippen LogP contribution is -2.44. The molecule has 1 N–H and O–H groups in total. The molecule has 1 unspecified atom stereocenters. The van der Waals surface area contributed by atoms with Gasteiger partial charge < -0.3 is 4.43 Å². The van der Waals surface area contributed by atoms with Crippen molar-refractivity contribution in [2.24, 2.45) is 0 Å². The summed E-state index contributed by atoms with van der Waals surface area (Å²) < 4.78 is 22.1. The molecule has 0 bridgehead atoms. The van der Waals surface area contributed by atoms with Crippen LogP contribution in [0.15, 0.2) is 29.2 Å². The molecule has 0 fully saturated rings. The first-order chi connectivity index (χ1) is 11.8. The van der Waals surface area contributed by atoms with E-state index in [-0.39, 0.29) is 15.8 Å². The Labute approximate surface area is 168 Å². The number of nitrogens with one attached hydrogen (secondary N) is 1. The summed E-state index contributed by atoms with van der Waals surface area (Å²) in [6, 6.07) is 8.47. The van der Waals surface area contributed by atoms with Gasteiger partial charge in [-0.15, -0.1) is 11.8 Å². The van der Waals surface area contributed by atoms with Gasteiger partial charge in [0.05, 0.1) is 28.4 Å². The summed E-state index contributed by atoms with van der Waals surface area (Å²) in [6.07, 6.45) is 0. The highest BCUT2D eigenvalue weighted by molar-refractivity contribution is 7.99. The molecule has 0 aliphatic carbocycles. The molecule has 0 heterocycles. The molecule has 0 aliphatic heterocycles. The molecular formula is C20H37NO2S2Si. The Morgan fingerprint density at radius 3 is 2.08 bits per heavy atom. The normalized spacial score (nSPS) is 15.7. The molecule has 0 aromatic heterocycles. The molecule has 1 aromatic carbocycles. The highest BCUT2D eigenvalue weighted by atomic mass is 32.2. The molecule has 1 rings (SSSR count). The van der Waals surface area contributed by atoms with Crippen molar-refractivity contribution < 1.29 is 8.63 Å². The topological polar surface area (TPSA) is 38.3 Å². The number of hydrogen-bond acceptors (Lipinski definition) is 3. The van der Waals surface area contributed by atoms with E-state index < -0.39 is 19.3 Å². The molecule has 0 saturated carbocycles. The molecular weight excluding hydrogens is 378 g/mol. The SMILES string of the molecule is CCSc1ccc([C@H](CO[Si](C)(C)C(C)(C)C)NS(=O)C(C)(C)C)cc1. The second kappa shape index (κ2) is 9.37. The Balaban J connectivity index is 3.00. The molecule has 26 heavy (non-hydrogen) atoms. The summed E-state index contributed by atoms with van der Waals surface area (Å²) in [5.41, 5.74) is 1.13. The van der Waals surface area contributed by atoms with Crippen LogP contribution in [-0.4, -0.2) is 29.6 Å². The fourth-order valence-corrected chi connectivity index (χ4v) is 4.47. The summed E-state index contributed by atoms with van der Waals surface area (Å²) in [5, 5.41) is 0.155. The van der Waals surface area contributed by atoms with Gasteiger partial charge in [-0.3, -0.25) is 0 Å². The van der Waals surface area contributed by atoms with Gasteiger partial charge in [-0.2, -0.15) is 0 Å². The van der Waals surface area contributed by atoms with Gasteiger partial charge in [0.25, 0.3) is 0 Å². The second-order valence-electron chi connectivity index (χ2n) is 9.12. The average molecular weight is 416 g/mol. The molecule has 0 amide bonds. The van der Waals surface area contributed by atoms with Gasteiger partial charge in [-0.1, -0.05) is 39.8 Å². The first kappa shape index (κ1) is 23.9. The minimum absolute atomic E-state index is 0.0788. The molecule has 3 nitrogen and oxygen atoms in total. The average Bonchev–Trinajstić information content (AvgIpc) is 2.50. The van der Waals surface area contributed by atoms with Crippen LogP contribution in [0.1, 0.15) is 60.1 Å². The van der Waals surface area contributed by atoms with Crippen molar-refractivity contribution >= 4 is 31.1 Å². The summed E-state index contributed by atoms with van der Waals surface area (Å²) >= 11 is 1.83. The molecule has 0 saturated heterocycles. The van der Waals surface area contributed by atoms with E-state index in [0.717, 1.165) is 11.3 Å². The molecule has 0 aliphatic rings. The Hall–Kier alpha value is -0.143. The molecule has 6 heteroatoms. The largest absolute Gasteiger partial charge is 0.415 e. The van der Waals surface area contributed by atoms with Crippen LogP contribution in [0.25, 0.3) is 0 Å². The molecule has 0 radical (unpaired) electrons. The summed E-state index contributed by atoms with van der Waals surface area (Å²) in [7, 11) is -3.01. The molecule has 1 aromatic rings. The van der Waals surface area contributed by atoms with Gasteiger partial charge in [0.1, 0.15) is 0 Å². The van der Waals surface area contributed by atoms with E-state index in [1.807, 2.05) is 32.5 Å². The number of hydrogen-bond donors (Lipinski definition) is 1. The zero-order chi connectivity index (χ0) is 20.2. The van der Waals surface area contributed by atoms with E-state index in [0.29, 0.717) is 6.61 Å². The third-order valence-electron chi connectivity index (χ3n) is 4.82. The fourth-order valence-electron chi connectivity index (χ4n) is 1.98. The summed E-state index contributed by atoms with van der Waals surface area (Å²) in [4.78, 5) is 1.26. The van der Waals surface area contributed by atoms with Crippen LogP contribution < -0.4 is 4.72 Å². The Morgan fingerprint density at radius 1 is 1.12 bits per heavy atom. The van der Waals surface area contributed by atoms with Crippen molar-refractivity contribution in [3.63, 3.8) is 0 Å². The van der Waals surface area contributed by atoms with Gasteiger partial charge in [0.2, 0.25) is 0 Å². The Morgan fingerprint density at radius 2 is 1.65 bits per heavy atom. The lowest BCUT2D eigenvalue weighted by atomic mass is 10.1. The minimum Gasteiger partial charge on any atom is -0.415 e. The van der Waals surface area contributed by atoms with Gasteiger partial charge in [0.15, 0.2) is 8.32 Å². The predicted octanol–water partition coefficient (Wildman–Crippen LogP) is 5.91. The van der Waals surface area contributed by atoms with E-state index in [9.17, 15) is 4.21 Å². The van der Waals surface area contributed by atoms with E-state index in [1.54, 1.807) is 0 Å². The van der Waals surface area contributed by atoms with Crippen molar-refractivity contribution in [3.05, 3.63) is 29.8 Å². The minimum atomic E-state index is -1.86. The van der Waals surface area contributed by atoms with E-state index in [1.165, 1.54) is 4.90 Å². The van der Waals surface area contributed by atoms with Crippen LogP contribution >= 0.6 is 11.8 Å². The van der Waals surface area contributed by atoms with Crippen molar-refractivity contribution in [3.8, 4) is 0 Å². The molecule has 0 spiro atoms. The van der Waals surface area contributed by atoms with Crippen molar-refractivity contribution in [2.45, 2.75) is 82.3 Å². The summed E-state index contributed by atoms with van der Waals surface area (Å²) in [6.45, 7) is 19.9. The first-order valence-electron chi connectivity index (χ1n) is 9.32. The first-order valence-corrected chi connectivity index (χ1v) is 14.4. The highest BCUT2D eigenvalue weighted by Gasteiger charge is 2.38. The number of thioether (sulfide) groups is 1. The maximum Gasteiger partial charge on any atom is 0.192 e. The lowest BCUT2D eigenvalue weighted by molar-refractivity contribution is 0.257. The monoisotopic (exact) mass is 415 g/mol. The van der Waals surface area contributed by atoms with Crippen LogP contribution in [0.4, 0.5) is 0 Å². The highest BCUT2D eigenvalue weighted by Crippen LogP contribution is 2.37. The van der Waals surface area contributed by atoms with E-state index >= 15 is 0 Å². The van der Waals surface area contributed by atoms with Gasteiger partial charge >= 0.3 is 0 Å². The zero-order valence-corrected chi connectivity index (χ0v) is 20.6. The van der Waals surface area contributed by atoms with Crippen LogP contribution in [0.3, 0.4) is 0 Å². The quantitative estimate of drug-likeness (QED) is 0.423. The summed E-state index contributed by atoms with van der Waals surface area (Å²) in [5.74, 6) is 1.06. The van der Waals surface area contributed by atoms with Crippen molar-refractivity contribution in [1.82, 2.24) is 4.72 Å². The fraction of sp³-hybridized carbons (Fsp3) is 0.700. The van der Waals surface area contributed by atoms with Crippen LogP contribution in [0.5, 0.6) is 0 Å². The third-order valence-corrected chi connectivity index (χ3v) is 11.8. The van der Waals surface area contributed by atoms with Gasteiger partial charge in [-0.05, 0) is 62.4 Å². The smallest absolute Gasteiger partial charge is 0.192 e. The van der Waals surface area contributed by atoms with Gasteiger partial charge in [-0.25, -0.2) is 8.93 Å². The van der Waals surface area contributed by atoms with E-state index in [2.05, 4.69) is 69.8 Å². The standard InChI is InChI=1S/C20H37NO2S2Si/c1-10-24-17-13-11-16(12-14-17)18(21-25(22)19(2,3)4)15-23-26(8,9)20(5,6)7/h11-14,18,21H,10,15H2,1-9H3/t18-,25?/m0/s1. The Bertz CT molecular complexity index is 589. The molecule has 150 valence electrons. The van der Waals surface area contributed by atoms with Crippen LogP contribution in [0.2, 0.25) is 18.1 Å². The third kappa shape index (κ3) is 7.11. The Kier molecular flexibility index (Phi) is 8.61. The maximum absolute atomic E-state index is 12.7. The van der Waals surface area contributed by atoms with Gasteiger partial charge in [0, 0.05) is 4.90 Å². The van der Waals surface area contributed by atoms with Crippen LogP contribution in [-0.2, 0) is 15.4 Å². The number of benzene rings is 1. The lowest BCUT2D eigenvalue weighted by Gasteiger charge is -2.37.